The van der Waals surface area contributed by atoms with Gasteiger partial charge >= 0.3 is 0 Å². The second kappa shape index (κ2) is 5.50. The van der Waals surface area contributed by atoms with Crippen LogP contribution < -0.4 is 5.32 Å². The molecule has 6 heteroatoms. The van der Waals surface area contributed by atoms with Gasteiger partial charge in [-0.15, -0.1) is 11.3 Å². The molecular weight excluding hydrogens is 296 g/mol. The minimum atomic E-state index is 0.115. The minimum absolute atomic E-state index is 0.115. The third kappa shape index (κ3) is 2.45. The molecule has 2 heterocycles. The van der Waals surface area contributed by atoms with Crippen LogP contribution in [0.5, 0.6) is 0 Å². The molecule has 5 nitrogen and oxygen atoms in total. The van der Waals surface area contributed by atoms with Crippen molar-refractivity contribution in [3.8, 4) is 11.3 Å². The normalized spacial score (nSPS) is 17.3. The molecule has 2 aliphatic carbocycles. The van der Waals surface area contributed by atoms with Crippen molar-refractivity contribution < 1.29 is 4.79 Å². The predicted octanol–water partition coefficient (Wildman–Crippen LogP) is 3.16. The summed E-state index contributed by atoms with van der Waals surface area (Å²) < 4.78 is 1.93. The lowest BCUT2D eigenvalue weighted by Crippen LogP contribution is -2.14. The zero-order valence-electron chi connectivity index (χ0n) is 12.8. The Morgan fingerprint density at radius 1 is 1.41 bits per heavy atom. The fourth-order valence-electron chi connectivity index (χ4n) is 3.62. The Morgan fingerprint density at radius 3 is 3.05 bits per heavy atom. The molecule has 2 aromatic rings. The van der Waals surface area contributed by atoms with E-state index in [4.69, 9.17) is 0 Å². The summed E-state index contributed by atoms with van der Waals surface area (Å²) >= 11 is 1.61. The van der Waals surface area contributed by atoms with E-state index >= 15 is 0 Å². The molecule has 0 spiro atoms. The zero-order valence-corrected chi connectivity index (χ0v) is 13.6. The van der Waals surface area contributed by atoms with Crippen molar-refractivity contribution in [2.45, 2.75) is 44.9 Å². The molecule has 0 unspecified atom stereocenters. The Balaban J connectivity index is 1.51. The van der Waals surface area contributed by atoms with Crippen LogP contribution in [0.2, 0.25) is 0 Å². The molecule has 116 valence electrons. The second-order valence-electron chi connectivity index (χ2n) is 6.32. The highest BCUT2D eigenvalue weighted by atomic mass is 32.1. The van der Waals surface area contributed by atoms with Gasteiger partial charge < -0.3 is 5.32 Å². The van der Waals surface area contributed by atoms with Crippen LogP contribution in [0, 0.1) is 5.92 Å². The van der Waals surface area contributed by atoms with Crippen LogP contribution in [0.25, 0.3) is 11.3 Å². The summed E-state index contributed by atoms with van der Waals surface area (Å²) in [5.74, 6) is 0.684. The van der Waals surface area contributed by atoms with E-state index in [0.29, 0.717) is 12.3 Å². The highest BCUT2D eigenvalue weighted by Gasteiger charge is 2.25. The second-order valence-corrected chi connectivity index (χ2v) is 7.41. The number of aryl methyl sites for hydroxylation is 2. The Morgan fingerprint density at radius 2 is 2.23 bits per heavy atom. The van der Waals surface area contributed by atoms with Gasteiger partial charge in [0.2, 0.25) is 5.91 Å². The molecule has 1 saturated carbocycles. The maximum absolute atomic E-state index is 12.2. The van der Waals surface area contributed by atoms with Gasteiger partial charge in [-0.1, -0.05) is 12.8 Å². The van der Waals surface area contributed by atoms with Crippen molar-refractivity contribution in [1.82, 2.24) is 14.8 Å². The summed E-state index contributed by atoms with van der Waals surface area (Å²) in [4.78, 5) is 18.1. The Kier molecular flexibility index (Phi) is 3.48. The zero-order chi connectivity index (χ0) is 15.1. The SMILES string of the molecule is Cn1ncc2c1CCc1sc(NC(=O)CC3CCCC3)nc1-2. The van der Waals surface area contributed by atoms with Gasteiger partial charge in [-0.25, -0.2) is 4.98 Å². The van der Waals surface area contributed by atoms with Gasteiger partial charge in [0.15, 0.2) is 5.13 Å². The Hall–Kier alpha value is -1.69. The minimum Gasteiger partial charge on any atom is -0.302 e. The smallest absolute Gasteiger partial charge is 0.226 e. The number of nitrogens with one attached hydrogen (secondary N) is 1. The maximum Gasteiger partial charge on any atom is 0.226 e. The van der Waals surface area contributed by atoms with E-state index in [1.807, 2.05) is 17.9 Å². The number of nitrogens with zero attached hydrogens (tertiary/aromatic N) is 3. The van der Waals surface area contributed by atoms with E-state index in [9.17, 15) is 4.79 Å². The largest absolute Gasteiger partial charge is 0.302 e. The molecule has 0 atom stereocenters. The lowest BCUT2D eigenvalue weighted by atomic mass is 10.0. The number of carbonyl (C=O) groups excluding carboxylic acids is 1. The number of aromatic nitrogens is 3. The van der Waals surface area contributed by atoms with Gasteiger partial charge in [-0.05, 0) is 31.6 Å². The fraction of sp³-hybridized carbons (Fsp3) is 0.562. The molecule has 0 aliphatic heterocycles. The summed E-state index contributed by atoms with van der Waals surface area (Å²) in [7, 11) is 1.97. The summed E-state index contributed by atoms with van der Waals surface area (Å²) in [5.41, 5.74) is 3.37. The molecule has 0 radical (unpaired) electrons. The average molecular weight is 316 g/mol. The van der Waals surface area contributed by atoms with Gasteiger partial charge in [0.25, 0.3) is 0 Å². The van der Waals surface area contributed by atoms with Gasteiger partial charge in [0.1, 0.15) is 0 Å². The van der Waals surface area contributed by atoms with Gasteiger partial charge in [-0.3, -0.25) is 9.48 Å². The maximum atomic E-state index is 12.2. The Bertz CT molecular complexity index is 712. The van der Waals surface area contributed by atoms with Crippen LogP contribution in [-0.2, 0) is 24.7 Å². The molecule has 1 N–H and O–H groups in total. The van der Waals surface area contributed by atoms with E-state index in [1.165, 1.54) is 36.3 Å². The molecule has 0 aromatic carbocycles. The van der Waals surface area contributed by atoms with Gasteiger partial charge in [-0.2, -0.15) is 5.10 Å². The number of hydrogen-bond donors (Lipinski definition) is 1. The van der Waals surface area contributed by atoms with Crippen molar-refractivity contribution >= 4 is 22.4 Å². The first kappa shape index (κ1) is 13.9. The summed E-state index contributed by atoms with van der Waals surface area (Å²) in [5, 5.41) is 8.08. The number of fused-ring (bicyclic) bond motifs is 3. The fourth-order valence-corrected chi connectivity index (χ4v) is 4.61. The summed E-state index contributed by atoms with van der Waals surface area (Å²) in [6, 6.07) is 0. The van der Waals surface area contributed by atoms with Gasteiger partial charge in [0, 0.05) is 29.6 Å². The van der Waals surface area contributed by atoms with Crippen LogP contribution in [-0.4, -0.2) is 20.7 Å². The van der Waals surface area contributed by atoms with Crippen molar-refractivity contribution in [3.63, 3.8) is 0 Å². The van der Waals surface area contributed by atoms with E-state index < -0.39 is 0 Å². The molecule has 0 bridgehead atoms. The molecule has 2 aromatic heterocycles. The average Bonchev–Trinajstić information content (AvgIpc) is 3.18. The monoisotopic (exact) mass is 316 g/mol. The molecule has 2 aliphatic rings. The Labute approximate surface area is 133 Å². The van der Waals surface area contributed by atoms with Crippen LogP contribution in [0.15, 0.2) is 6.20 Å². The predicted molar refractivity (Wildman–Crippen MR) is 86.9 cm³/mol. The number of carbonyl (C=O) groups is 1. The van der Waals surface area contributed by atoms with Crippen molar-refractivity contribution in [2.24, 2.45) is 13.0 Å². The number of amides is 1. The van der Waals surface area contributed by atoms with Gasteiger partial charge in [0.05, 0.1) is 11.9 Å². The number of anilines is 1. The van der Waals surface area contributed by atoms with Crippen LogP contribution in [0.3, 0.4) is 0 Å². The number of hydrogen-bond acceptors (Lipinski definition) is 4. The van der Waals surface area contributed by atoms with Crippen molar-refractivity contribution in [3.05, 3.63) is 16.8 Å². The molecular formula is C16H20N4OS. The first-order valence-corrected chi connectivity index (χ1v) is 8.83. The first-order chi connectivity index (χ1) is 10.7. The van der Waals surface area contributed by atoms with E-state index in [2.05, 4.69) is 15.4 Å². The first-order valence-electron chi connectivity index (χ1n) is 8.01. The molecule has 0 saturated heterocycles. The molecule has 22 heavy (non-hydrogen) atoms. The van der Waals surface area contributed by atoms with E-state index in [-0.39, 0.29) is 5.91 Å². The number of thiazole rings is 1. The molecule has 1 amide bonds. The summed E-state index contributed by atoms with van der Waals surface area (Å²) in [6.07, 6.45) is 9.44. The van der Waals surface area contributed by atoms with Crippen LogP contribution >= 0.6 is 11.3 Å². The number of rotatable bonds is 3. The highest BCUT2D eigenvalue weighted by Crippen LogP contribution is 2.38. The van der Waals surface area contributed by atoms with E-state index in [1.54, 1.807) is 11.3 Å². The lowest BCUT2D eigenvalue weighted by molar-refractivity contribution is -0.117. The third-order valence-corrected chi connectivity index (χ3v) is 5.83. The van der Waals surface area contributed by atoms with Crippen molar-refractivity contribution in [1.29, 1.82) is 0 Å². The lowest BCUT2D eigenvalue weighted by Gasteiger charge is -2.10. The third-order valence-electron chi connectivity index (χ3n) is 4.80. The molecule has 1 fully saturated rings. The van der Waals surface area contributed by atoms with Crippen molar-refractivity contribution in [2.75, 3.05) is 5.32 Å². The van der Waals surface area contributed by atoms with Crippen LogP contribution in [0.4, 0.5) is 5.13 Å². The standard InChI is InChI=1S/C16H20N4OS/c1-20-12-6-7-13-15(11(12)9-17-20)19-16(22-13)18-14(21)8-10-4-2-3-5-10/h9-10H,2-8H2,1H3,(H,18,19,21). The molecule has 4 rings (SSSR count). The topological polar surface area (TPSA) is 59.8 Å². The highest BCUT2D eigenvalue weighted by molar-refractivity contribution is 7.16. The van der Waals surface area contributed by atoms with E-state index in [0.717, 1.165) is 29.2 Å². The summed E-state index contributed by atoms with van der Waals surface area (Å²) in [6.45, 7) is 0. The quantitative estimate of drug-likeness (QED) is 0.946. The van der Waals surface area contributed by atoms with Crippen LogP contribution in [0.1, 0.15) is 42.7 Å².